The lowest BCUT2D eigenvalue weighted by atomic mass is 9.82. The van der Waals surface area contributed by atoms with Crippen molar-refractivity contribution in [3.63, 3.8) is 0 Å². The van der Waals surface area contributed by atoms with Crippen LogP contribution in [0, 0.1) is 17.8 Å². The molecule has 0 aromatic rings. The fraction of sp³-hybridized carbons (Fsp3) is 0.750. The highest BCUT2D eigenvalue weighted by molar-refractivity contribution is 5.90. The maximum absolute atomic E-state index is 11.3. The predicted molar refractivity (Wildman–Crippen MR) is 52.6 cm³/mol. The Bertz CT molecular complexity index is 282. The zero-order valence-corrected chi connectivity index (χ0v) is 8.32. The maximum Gasteiger partial charge on any atom is 0.162 e. The normalized spacial score (nSPS) is 45.6. The molecular formula is C12H16O2. The molecule has 0 amide bonds. The van der Waals surface area contributed by atoms with E-state index >= 15 is 0 Å². The second-order valence-electron chi connectivity index (χ2n) is 4.99. The Balaban J connectivity index is 1.71. The topological polar surface area (TPSA) is 26.3 Å². The number of fused-ring (bicyclic) bond motifs is 2. The molecule has 14 heavy (non-hydrogen) atoms. The molecule has 3 aliphatic rings. The van der Waals surface area contributed by atoms with Crippen LogP contribution in [0.25, 0.3) is 0 Å². The first-order chi connectivity index (χ1) is 6.83. The molecule has 2 bridgehead atoms. The summed E-state index contributed by atoms with van der Waals surface area (Å²) in [5.41, 5.74) is 0. The Kier molecular flexibility index (Phi) is 1.89. The highest BCUT2D eigenvalue weighted by atomic mass is 16.5. The minimum atomic E-state index is 0.197. The number of allylic oxidation sites excluding steroid dienone is 1. The molecule has 2 saturated carbocycles. The van der Waals surface area contributed by atoms with Crippen molar-refractivity contribution >= 4 is 5.78 Å². The number of ketones is 1. The molecule has 2 nitrogen and oxygen atoms in total. The zero-order chi connectivity index (χ0) is 9.54. The third kappa shape index (κ3) is 1.28. The van der Waals surface area contributed by atoms with Gasteiger partial charge in [-0.25, -0.2) is 0 Å². The number of hydrogen-bond donors (Lipinski definition) is 0. The van der Waals surface area contributed by atoms with E-state index in [1.165, 1.54) is 25.7 Å². The van der Waals surface area contributed by atoms with Crippen LogP contribution in [0.1, 0.15) is 32.1 Å². The minimum absolute atomic E-state index is 0.197. The van der Waals surface area contributed by atoms with Gasteiger partial charge in [0.15, 0.2) is 5.78 Å². The summed E-state index contributed by atoms with van der Waals surface area (Å²) < 4.78 is 5.58. The molecule has 0 aromatic carbocycles. The van der Waals surface area contributed by atoms with Gasteiger partial charge in [0.25, 0.3) is 0 Å². The molecule has 4 atom stereocenters. The van der Waals surface area contributed by atoms with Crippen molar-refractivity contribution in [1.82, 2.24) is 0 Å². The summed E-state index contributed by atoms with van der Waals surface area (Å²) in [6.45, 7) is 0. The number of carbonyl (C=O) groups excluding carboxylic acids is 1. The summed E-state index contributed by atoms with van der Waals surface area (Å²) in [6, 6.07) is 0. The first-order valence-corrected chi connectivity index (χ1v) is 5.68. The summed E-state index contributed by atoms with van der Waals surface area (Å²) in [5.74, 6) is 2.70. The van der Waals surface area contributed by atoms with Crippen molar-refractivity contribution in [1.29, 1.82) is 0 Å². The van der Waals surface area contributed by atoms with E-state index in [0.29, 0.717) is 12.3 Å². The quantitative estimate of drug-likeness (QED) is 0.637. The fourth-order valence-electron chi connectivity index (χ4n) is 3.53. The van der Waals surface area contributed by atoms with Crippen molar-refractivity contribution < 1.29 is 9.53 Å². The molecule has 0 N–H and O–H groups in total. The van der Waals surface area contributed by atoms with Gasteiger partial charge in [-0.2, -0.15) is 0 Å². The van der Waals surface area contributed by atoms with Crippen molar-refractivity contribution in [2.24, 2.45) is 17.8 Å². The van der Waals surface area contributed by atoms with Crippen LogP contribution in [0.15, 0.2) is 12.3 Å². The predicted octanol–water partition coefficient (Wildman–Crippen LogP) is 2.29. The molecule has 76 valence electrons. The monoisotopic (exact) mass is 192 g/mol. The molecule has 2 fully saturated rings. The van der Waals surface area contributed by atoms with Crippen molar-refractivity contribution in [3.8, 4) is 0 Å². The zero-order valence-electron chi connectivity index (χ0n) is 8.32. The van der Waals surface area contributed by atoms with Gasteiger partial charge in [-0.3, -0.25) is 4.79 Å². The molecule has 4 unspecified atom stereocenters. The third-order valence-corrected chi connectivity index (χ3v) is 4.18. The number of hydrogen-bond acceptors (Lipinski definition) is 2. The highest BCUT2D eigenvalue weighted by Gasteiger charge is 2.44. The Hall–Kier alpha value is -0.790. The van der Waals surface area contributed by atoms with Crippen molar-refractivity contribution in [3.05, 3.63) is 12.3 Å². The molecule has 2 heteroatoms. The Morgan fingerprint density at radius 3 is 2.86 bits per heavy atom. The van der Waals surface area contributed by atoms with E-state index in [-0.39, 0.29) is 11.9 Å². The van der Waals surface area contributed by atoms with E-state index in [1.807, 2.05) is 0 Å². The van der Waals surface area contributed by atoms with Gasteiger partial charge < -0.3 is 4.74 Å². The van der Waals surface area contributed by atoms with Gasteiger partial charge in [-0.05, 0) is 37.0 Å². The van der Waals surface area contributed by atoms with Gasteiger partial charge in [0.1, 0.15) is 6.10 Å². The molecule has 0 spiro atoms. The van der Waals surface area contributed by atoms with Gasteiger partial charge in [0.05, 0.1) is 6.26 Å². The van der Waals surface area contributed by atoms with Crippen LogP contribution < -0.4 is 0 Å². The van der Waals surface area contributed by atoms with Crippen molar-refractivity contribution in [2.45, 2.75) is 38.2 Å². The SMILES string of the molecule is O=C1C=COC(C2CC3CCC2C3)C1. The minimum Gasteiger partial charge on any atom is -0.497 e. The van der Waals surface area contributed by atoms with Crippen LogP contribution in [0.3, 0.4) is 0 Å². The molecule has 3 rings (SSSR count). The summed E-state index contributed by atoms with van der Waals surface area (Å²) >= 11 is 0. The largest absolute Gasteiger partial charge is 0.497 e. The number of ether oxygens (including phenoxy) is 1. The number of carbonyl (C=O) groups is 1. The van der Waals surface area contributed by atoms with Crippen LogP contribution in [-0.2, 0) is 9.53 Å². The lowest BCUT2D eigenvalue weighted by molar-refractivity contribution is -0.119. The van der Waals surface area contributed by atoms with Gasteiger partial charge in [-0.1, -0.05) is 6.42 Å². The van der Waals surface area contributed by atoms with Gasteiger partial charge >= 0.3 is 0 Å². The standard InChI is InChI=1S/C12H16O2/c13-10-3-4-14-12(7-10)11-6-8-1-2-9(11)5-8/h3-4,8-9,11-12H,1-2,5-7H2. The molecule has 0 radical (unpaired) electrons. The van der Waals surface area contributed by atoms with E-state index in [1.54, 1.807) is 12.3 Å². The van der Waals surface area contributed by atoms with Crippen LogP contribution in [0.4, 0.5) is 0 Å². The highest BCUT2D eigenvalue weighted by Crippen LogP contribution is 2.50. The summed E-state index contributed by atoms with van der Waals surface area (Å²) in [7, 11) is 0. The Morgan fingerprint density at radius 2 is 2.21 bits per heavy atom. The lowest BCUT2D eigenvalue weighted by Gasteiger charge is -2.30. The molecule has 0 saturated heterocycles. The smallest absolute Gasteiger partial charge is 0.162 e. The summed E-state index contributed by atoms with van der Waals surface area (Å²) in [5, 5.41) is 0. The second-order valence-corrected chi connectivity index (χ2v) is 4.99. The van der Waals surface area contributed by atoms with Crippen LogP contribution in [0.5, 0.6) is 0 Å². The van der Waals surface area contributed by atoms with Crippen LogP contribution in [-0.4, -0.2) is 11.9 Å². The van der Waals surface area contributed by atoms with E-state index in [0.717, 1.165) is 11.8 Å². The van der Waals surface area contributed by atoms with Gasteiger partial charge in [0.2, 0.25) is 0 Å². The second kappa shape index (κ2) is 3.11. The van der Waals surface area contributed by atoms with E-state index in [4.69, 9.17) is 4.74 Å². The maximum atomic E-state index is 11.3. The lowest BCUT2D eigenvalue weighted by Crippen LogP contribution is -2.31. The molecule has 2 aliphatic carbocycles. The Labute approximate surface area is 84.3 Å². The summed E-state index contributed by atoms with van der Waals surface area (Å²) in [6.07, 6.45) is 9.45. The van der Waals surface area contributed by atoms with Gasteiger partial charge in [-0.15, -0.1) is 0 Å². The van der Waals surface area contributed by atoms with Crippen molar-refractivity contribution in [2.75, 3.05) is 0 Å². The Morgan fingerprint density at radius 1 is 1.29 bits per heavy atom. The van der Waals surface area contributed by atoms with E-state index in [2.05, 4.69) is 0 Å². The first-order valence-electron chi connectivity index (χ1n) is 5.68. The van der Waals surface area contributed by atoms with Gasteiger partial charge in [0, 0.05) is 12.5 Å². The van der Waals surface area contributed by atoms with Crippen LogP contribution in [0.2, 0.25) is 0 Å². The number of rotatable bonds is 1. The van der Waals surface area contributed by atoms with E-state index < -0.39 is 0 Å². The molecule has 0 aromatic heterocycles. The average molecular weight is 192 g/mol. The van der Waals surface area contributed by atoms with Crippen LogP contribution >= 0.6 is 0 Å². The average Bonchev–Trinajstić information content (AvgIpc) is 2.78. The molecule has 1 heterocycles. The fourth-order valence-corrected chi connectivity index (χ4v) is 3.53. The van der Waals surface area contributed by atoms with E-state index in [9.17, 15) is 4.79 Å². The first kappa shape index (κ1) is 8.51. The summed E-state index contributed by atoms with van der Waals surface area (Å²) in [4.78, 5) is 11.3. The third-order valence-electron chi connectivity index (χ3n) is 4.18. The molecular weight excluding hydrogens is 176 g/mol. The molecule has 1 aliphatic heterocycles.